The van der Waals surface area contributed by atoms with Gasteiger partial charge in [0.2, 0.25) is 29.2 Å². The van der Waals surface area contributed by atoms with E-state index < -0.39 is 26.2 Å². The van der Waals surface area contributed by atoms with Crippen molar-refractivity contribution in [2.75, 3.05) is 63.7 Å². The van der Waals surface area contributed by atoms with Gasteiger partial charge < -0.3 is 49.7 Å². The number of methoxy groups -OCH3 is 5. The third kappa shape index (κ3) is 39.2. The number of ether oxygens (including phenoxy) is 6. The summed E-state index contributed by atoms with van der Waals surface area (Å²) in [6, 6.07) is 28.9. The van der Waals surface area contributed by atoms with Gasteiger partial charge in [-0.25, -0.2) is 4.79 Å². The molecule has 95 heavy (non-hydrogen) atoms. The smallest absolute Gasteiger partial charge is 0.349 e. The maximum absolute atomic E-state index is 11.8. The normalized spacial score (nSPS) is 13.9. The molecule has 3 rings (SSSR count). The standard InChI is InChI=1S/C12H17NO.C12H16O3.C12H16O2.C7H15NO.C7H14O2.C6H12ClNO.C6H11ClO2.C6H13NO.C6H12O2/c1-4-12(2,11(14)13-3)10-8-6-5-7-9-10;1-4-12(2,11(13)14-3)15-10-8-6-5-7-9-10;1-4-12(2,11(13)14-3)10-8-6-5-7-9-10;1-5-7(2,3)6(9)8-4;1-5-7(2,3)6(8)9-4;1-4-6(2,7)5(9)8-3;1-4-6(2,7)5(8)9-3;1-4-5(2)6(8)7-3;1-4-5(2)6(7)8-3/h5-9H,4H2,1-3H3,(H,13,14);5-9H,4H2,1-3H3;5-9H,4H2,1-3H3;5H2,1-4H3,(H,8,9);5H2,1-4H3;4H2,1-3H3,(H,8,9);4H2,1-3H3;5H,4H2,1-3H3,(H,7,8);5H,4H2,1-3H3. The quantitative estimate of drug-likeness (QED) is 0.0414. The van der Waals surface area contributed by atoms with Gasteiger partial charge in [0, 0.05) is 39.5 Å². The Morgan fingerprint density at radius 2 is 0.737 bits per heavy atom. The number of amides is 4. The van der Waals surface area contributed by atoms with E-state index in [4.69, 9.17) is 37.4 Å². The van der Waals surface area contributed by atoms with Crippen molar-refractivity contribution in [2.45, 2.75) is 222 Å². The summed E-state index contributed by atoms with van der Waals surface area (Å²) in [5, 5.41) is 10.4. The number of hydrogen-bond acceptors (Lipinski definition) is 15. The number of nitrogens with one attached hydrogen (secondary N) is 4. The molecule has 0 aliphatic heterocycles. The molecule has 546 valence electrons. The van der Waals surface area contributed by atoms with Crippen LogP contribution in [0.5, 0.6) is 5.75 Å². The first-order chi connectivity index (χ1) is 44.0. The van der Waals surface area contributed by atoms with Crippen LogP contribution in [0, 0.1) is 22.7 Å². The number of rotatable bonds is 22. The van der Waals surface area contributed by atoms with E-state index in [0.29, 0.717) is 25.0 Å². The molecule has 0 aromatic heterocycles. The highest BCUT2D eigenvalue weighted by molar-refractivity contribution is 6.34. The molecule has 4 N–H and O–H groups in total. The lowest BCUT2D eigenvalue weighted by Gasteiger charge is -2.26. The molecule has 3 aromatic carbocycles. The number of carbonyl (C=O) groups is 9. The third-order valence-electron chi connectivity index (χ3n) is 16.5. The second-order valence-corrected chi connectivity index (χ2v) is 25.8. The summed E-state index contributed by atoms with van der Waals surface area (Å²) in [7, 11) is 13.5. The maximum atomic E-state index is 11.8. The minimum atomic E-state index is -0.907. The predicted molar refractivity (Wildman–Crippen MR) is 386 cm³/mol. The fourth-order valence-electron chi connectivity index (χ4n) is 6.80. The molecule has 0 fully saturated rings. The summed E-state index contributed by atoms with van der Waals surface area (Å²) in [5.74, 6) is -0.0492. The lowest BCUT2D eigenvalue weighted by Crippen LogP contribution is -2.41. The van der Waals surface area contributed by atoms with Crippen LogP contribution in [0.1, 0.15) is 207 Å². The molecule has 7 unspecified atom stereocenters. The Morgan fingerprint density at radius 1 is 0.379 bits per heavy atom. The summed E-state index contributed by atoms with van der Waals surface area (Å²) >= 11 is 11.5. The molecular weight excluding hydrogens is 1260 g/mol. The van der Waals surface area contributed by atoms with Gasteiger partial charge in [-0.2, -0.15) is 0 Å². The van der Waals surface area contributed by atoms with Crippen LogP contribution in [0.4, 0.5) is 0 Å². The van der Waals surface area contributed by atoms with Crippen LogP contribution >= 0.6 is 23.2 Å². The van der Waals surface area contributed by atoms with Crippen molar-refractivity contribution in [1.29, 1.82) is 0 Å². The van der Waals surface area contributed by atoms with E-state index in [9.17, 15) is 43.2 Å². The zero-order valence-electron chi connectivity index (χ0n) is 63.6. The van der Waals surface area contributed by atoms with E-state index >= 15 is 0 Å². The maximum Gasteiger partial charge on any atom is 0.349 e. The monoisotopic (exact) mass is 1380 g/mol. The van der Waals surface area contributed by atoms with Crippen LogP contribution in [-0.4, -0.2) is 133 Å². The lowest BCUT2D eigenvalue weighted by molar-refractivity contribution is -0.158. The zero-order chi connectivity index (χ0) is 75.6. The predicted octanol–water partition coefficient (Wildman–Crippen LogP) is 14.5. The summed E-state index contributed by atoms with van der Waals surface area (Å²) in [4.78, 5) is 97.8. The number of hydrogen-bond donors (Lipinski definition) is 4. The molecular formula is C74H126Cl2N4O15. The second-order valence-electron chi connectivity index (χ2n) is 24.1. The van der Waals surface area contributed by atoms with Crippen LogP contribution in [0.3, 0.4) is 0 Å². The fourth-order valence-corrected chi connectivity index (χ4v) is 6.97. The van der Waals surface area contributed by atoms with Gasteiger partial charge in [0.25, 0.3) is 0 Å². The van der Waals surface area contributed by atoms with E-state index in [1.807, 2.05) is 209 Å². The van der Waals surface area contributed by atoms with Crippen LogP contribution < -0.4 is 26.0 Å². The van der Waals surface area contributed by atoms with E-state index in [1.54, 1.807) is 49.0 Å². The SMILES string of the molecule is CCC(C)(C(=O)NC)c1ccccc1.CCC(C)(C(=O)OC)c1ccccc1.CCC(C)(C)C(=O)NC.CCC(C)(C)C(=O)OC.CCC(C)(Cl)C(=O)NC.CCC(C)(Cl)C(=O)OC.CCC(C)(Oc1ccccc1)C(=O)OC.CCC(C)C(=O)NC.CCC(C)C(=O)OC. The third-order valence-corrected chi connectivity index (χ3v) is 17.3. The first-order valence-electron chi connectivity index (χ1n) is 32.6. The summed E-state index contributed by atoms with van der Waals surface area (Å²) in [6.07, 6.45) is 6.81. The summed E-state index contributed by atoms with van der Waals surface area (Å²) in [5.41, 5.74) is -0.262. The minimum Gasteiger partial charge on any atom is -0.476 e. The minimum absolute atomic E-state index is 0.0556. The lowest BCUT2D eigenvalue weighted by atomic mass is 9.79. The van der Waals surface area contributed by atoms with Crippen molar-refractivity contribution in [3.8, 4) is 5.75 Å². The van der Waals surface area contributed by atoms with Crippen molar-refractivity contribution in [3.63, 3.8) is 0 Å². The van der Waals surface area contributed by atoms with Gasteiger partial charge in [-0.1, -0.05) is 169 Å². The molecule has 4 amide bonds. The highest BCUT2D eigenvalue weighted by Crippen LogP contribution is 2.30. The first-order valence-corrected chi connectivity index (χ1v) is 33.3. The Hall–Kier alpha value is -6.73. The van der Waals surface area contributed by atoms with Gasteiger partial charge in [-0.15, -0.1) is 23.2 Å². The Kier molecular flexibility index (Phi) is 54.8. The highest BCUT2D eigenvalue weighted by Gasteiger charge is 2.36. The Morgan fingerprint density at radius 3 is 0.958 bits per heavy atom. The van der Waals surface area contributed by atoms with Gasteiger partial charge in [0.15, 0.2) is 0 Å². The molecule has 0 saturated carbocycles. The molecule has 0 aliphatic carbocycles. The summed E-state index contributed by atoms with van der Waals surface area (Å²) in [6.45, 7) is 37.9. The van der Waals surface area contributed by atoms with Crippen LogP contribution in [0.15, 0.2) is 91.0 Å². The van der Waals surface area contributed by atoms with Crippen LogP contribution in [0.2, 0.25) is 0 Å². The number of esters is 5. The van der Waals surface area contributed by atoms with Crippen molar-refractivity contribution in [3.05, 3.63) is 102 Å². The second kappa shape index (κ2) is 52.5. The average Bonchev–Trinajstić information content (AvgIpc) is 0.848. The van der Waals surface area contributed by atoms with Gasteiger partial charge in [0.05, 0.1) is 57.7 Å². The van der Waals surface area contributed by atoms with Gasteiger partial charge in [-0.3, -0.25) is 38.4 Å². The van der Waals surface area contributed by atoms with Gasteiger partial charge in [-0.05, 0) is 130 Å². The molecule has 0 spiro atoms. The highest BCUT2D eigenvalue weighted by atomic mass is 35.5. The Bertz CT molecular complexity index is 2410. The molecule has 0 heterocycles. The molecule has 0 aliphatic rings. The molecule has 7 atom stereocenters. The van der Waals surface area contributed by atoms with E-state index in [0.717, 1.165) is 49.7 Å². The van der Waals surface area contributed by atoms with E-state index in [-0.39, 0.29) is 76.1 Å². The van der Waals surface area contributed by atoms with E-state index in [1.165, 1.54) is 35.5 Å². The molecule has 21 heteroatoms. The molecule has 0 radical (unpaired) electrons. The molecule has 0 saturated heterocycles. The Balaban J connectivity index is -0.000000237. The number of halogens is 2. The van der Waals surface area contributed by atoms with Crippen molar-refractivity contribution in [1.82, 2.24) is 21.3 Å². The number of benzene rings is 3. The molecule has 3 aromatic rings. The zero-order valence-corrected chi connectivity index (χ0v) is 65.1. The van der Waals surface area contributed by atoms with Gasteiger partial charge >= 0.3 is 29.8 Å². The number of para-hydroxylation sites is 1. The van der Waals surface area contributed by atoms with Crippen LogP contribution in [0.25, 0.3) is 0 Å². The van der Waals surface area contributed by atoms with Gasteiger partial charge in [0.1, 0.15) is 15.5 Å². The largest absolute Gasteiger partial charge is 0.476 e. The fraction of sp³-hybridized carbons (Fsp3) is 0.635. The summed E-state index contributed by atoms with van der Waals surface area (Å²) < 4.78 is 28.6. The molecule has 0 bridgehead atoms. The van der Waals surface area contributed by atoms with Crippen molar-refractivity contribution in [2.24, 2.45) is 22.7 Å². The van der Waals surface area contributed by atoms with Crippen molar-refractivity contribution < 1.29 is 71.6 Å². The number of carbonyl (C=O) groups excluding carboxylic acids is 9. The average molecular weight is 1380 g/mol. The first kappa shape index (κ1) is 99.3. The number of likely N-dealkylation sites (N-methyl/N-ethyl adjacent to an activating group) is 1. The topological polar surface area (TPSA) is 257 Å². The van der Waals surface area contributed by atoms with Crippen LogP contribution in [-0.2, 0) is 77.7 Å². The molecule has 19 nitrogen and oxygen atoms in total. The Labute approximate surface area is 583 Å². The number of alkyl halides is 2. The van der Waals surface area contributed by atoms with E-state index in [2.05, 4.69) is 35.5 Å². The van der Waals surface area contributed by atoms with Crippen molar-refractivity contribution >= 4 is 76.7 Å².